The van der Waals surface area contributed by atoms with Gasteiger partial charge in [-0.3, -0.25) is 0 Å². The van der Waals surface area contributed by atoms with Gasteiger partial charge in [-0.1, -0.05) is 6.92 Å². The molecule has 1 rings (SSSR count). The molecule has 1 aromatic carbocycles. The molecule has 84 valence electrons. The Morgan fingerprint density at radius 2 is 1.73 bits per heavy atom. The Morgan fingerprint density at radius 3 is 2.20 bits per heavy atom. The summed E-state index contributed by atoms with van der Waals surface area (Å²) in [6, 6.07) is 3.98. The molecular weight excluding hydrogens is 190 g/mol. The van der Waals surface area contributed by atoms with E-state index < -0.39 is 0 Å². The van der Waals surface area contributed by atoms with Gasteiger partial charge in [-0.25, -0.2) is 0 Å². The molecule has 0 spiro atoms. The average molecular weight is 209 g/mol. The Bertz CT molecular complexity index is 337. The number of hydrogen-bond donors (Lipinski definition) is 1. The topological polar surface area (TPSA) is 44.5 Å². The van der Waals surface area contributed by atoms with E-state index in [4.69, 9.17) is 15.2 Å². The van der Waals surface area contributed by atoms with Gasteiger partial charge in [0.25, 0.3) is 0 Å². The second kappa shape index (κ2) is 5.03. The average Bonchev–Trinajstić information content (AvgIpc) is 2.27. The van der Waals surface area contributed by atoms with Gasteiger partial charge in [0.1, 0.15) is 0 Å². The van der Waals surface area contributed by atoms with Crippen LogP contribution in [0.1, 0.15) is 30.5 Å². The van der Waals surface area contributed by atoms with Crippen molar-refractivity contribution in [2.24, 2.45) is 5.73 Å². The fourth-order valence-electron chi connectivity index (χ4n) is 1.62. The third-order valence-electron chi connectivity index (χ3n) is 2.61. The lowest BCUT2D eigenvalue weighted by molar-refractivity contribution is 0.354. The molecule has 0 saturated heterocycles. The van der Waals surface area contributed by atoms with E-state index in [1.807, 2.05) is 19.1 Å². The van der Waals surface area contributed by atoms with E-state index in [2.05, 4.69) is 6.92 Å². The fourth-order valence-corrected chi connectivity index (χ4v) is 1.62. The zero-order chi connectivity index (χ0) is 11.4. The first-order valence-electron chi connectivity index (χ1n) is 5.12. The van der Waals surface area contributed by atoms with Gasteiger partial charge in [0.15, 0.2) is 11.5 Å². The zero-order valence-corrected chi connectivity index (χ0v) is 9.83. The van der Waals surface area contributed by atoms with Gasteiger partial charge in [0, 0.05) is 6.04 Å². The number of ether oxygens (including phenoxy) is 2. The first kappa shape index (κ1) is 11.9. The number of benzene rings is 1. The smallest absolute Gasteiger partial charge is 0.161 e. The normalized spacial score (nSPS) is 12.3. The molecule has 3 heteroatoms. The predicted octanol–water partition coefficient (Wildman–Crippen LogP) is 2.42. The van der Waals surface area contributed by atoms with Crippen LogP contribution < -0.4 is 15.2 Å². The van der Waals surface area contributed by atoms with Crippen molar-refractivity contribution in [1.82, 2.24) is 0 Å². The van der Waals surface area contributed by atoms with E-state index in [1.54, 1.807) is 14.2 Å². The van der Waals surface area contributed by atoms with E-state index in [1.165, 1.54) is 0 Å². The van der Waals surface area contributed by atoms with Crippen molar-refractivity contribution < 1.29 is 9.47 Å². The Labute approximate surface area is 91.2 Å². The minimum atomic E-state index is 0.0600. The standard InChI is InChI=1S/C12H19NO2/c1-5-10(13)9-7-12(15-4)11(14-3)6-8(9)2/h6-7,10H,5,13H2,1-4H3. The van der Waals surface area contributed by atoms with Crippen LogP contribution in [0, 0.1) is 6.92 Å². The molecule has 0 radical (unpaired) electrons. The molecule has 0 aromatic heterocycles. The molecule has 1 atom stereocenters. The summed E-state index contributed by atoms with van der Waals surface area (Å²) in [7, 11) is 3.27. The maximum Gasteiger partial charge on any atom is 0.161 e. The van der Waals surface area contributed by atoms with Crippen molar-refractivity contribution in [2.75, 3.05) is 14.2 Å². The monoisotopic (exact) mass is 209 g/mol. The molecule has 0 fully saturated rings. The van der Waals surface area contributed by atoms with E-state index in [0.29, 0.717) is 0 Å². The number of hydrogen-bond acceptors (Lipinski definition) is 3. The SMILES string of the molecule is CCC(N)c1cc(OC)c(OC)cc1C. The molecule has 0 aliphatic rings. The lowest BCUT2D eigenvalue weighted by Gasteiger charge is -2.16. The van der Waals surface area contributed by atoms with Crippen molar-refractivity contribution in [3.05, 3.63) is 23.3 Å². The molecule has 1 unspecified atom stereocenters. The minimum absolute atomic E-state index is 0.0600. The van der Waals surface area contributed by atoms with E-state index >= 15 is 0 Å². The minimum Gasteiger partial charge on any atom is -0.493 e. The first-order valence-corrected chi connectivity index (χ1v) is 5.12. The molecule has 0 amide bonds. The van der Waals surface area contributed by atoms with Gasteiger partial charge in [0.2, 0.25) is 0 Å². The molecule has 0 saturated carbocycles. The Balaban J connectivity index is 3.19. The zero-order valence-electron chi connectivity index (χ0n) is 9.83. The highest BCUT2D eigenvalue weighted by Gasteiger charge is 2.12. The van der Waals surface area contributed by atoms with Crippen LogP contribution >= 0.6 is 0 Å². The fraction of sp³-hybridized carbons (Fsp3) is 0.500. The molecule has 0 aliphatic heterocycles. The number of aryl methyl sites for hydroxylation is 1. The summed E-state index contributed by atoms with van der Waals surface area (Å²) >= 11 is 0. The maximum atomic E-state index is 6.01. The van der Waals surface area contributed by atoms with Crippen LogP contribution in [0.25, 0.3) is 0 Å². The highest BCUT2D eigenvalue weighted by molar-refractivity contribution is 5.47. The van der Waals surface area contributed by atoms with Gasteiger partial charge >= 0.3 is 0 Å². The summed E-state index contributed by atoms with van der Waals surface area (Å²) in [6.07, 6.45) is 0.913. The molecule has 2 N–H and O–H groups in total. The Kier molecular flexibility index (Phi) is 3.97. The van der Waals surface area contributed by atoms with Crippen LogP contribution in [0.15, 0.2) is 12.1 Å². The Morgan fingerprint density at radius 1 is 1.20 bits per heavy atom. The highest BCUT2D eigenvalue weighted by atomic mass is 16.5. The van der Waals surface area contributed by atoms with Gasteiger partial charge < -0.3 is 15.2 Å². The Hall–Kier alpha value is -1.22. The molecule has 3 nitrogen and oxygen atoms in total. The van der Waals surface area contributed by atoms with Crippen molar-refractivity contribution >= 4 is 0 Å². The van der Waals surface area contributed by atoms with Crippen molar-refractivity contribution in [3.8, 4) is 11.5 Å². The molecular formula is C12H19NO2. The van der Waals surface area contributed by atoms with Crippen LogP contribution in [-0.4, -0.2) is 14.2 Å². The van der Waals surface area contributed by atoms with Crippen LogP contribution in [0.4, 0.5) is 0 Å². The van der Waals surface area contributed by atoms with Crippen LogP contribution in [0.5, 0.6) is 11.5 Å². The lowest BCUT2D eigenvalue weighted by Crippen LogP contribution is -2.10. The van der Waals surface area contributed by atoms with Crippen molar-refractivity contribution in [1.29, 1.82) is 0 Å². The van der Waals surface area contributed by atoms with Gasteiger partial charge in [0.05, 0.1) is 14.2 Å². The second-order valence-corrected chi connectivity index (χ2v) is 3.58. The summed E-state index contributed by atoms with van der Waals surface area (Å²) in [5.74, 6) is 1.49. The predicted molar refractivity (Wildman–Crippen MR) is 61.5 cm³/mol. The first-order chi connectivity index (χ1) is 7.13. The van der Waals surface area contributed by atoms with Crippen LogP contribution in [-0.2, 0) is 0 Å². The number of rotatable bonds is 4. The van der Waals surface area contributed by atoms with Gasteiger partial charge in [-0.2, -0.15) is 0 Å². The summed E-state index contributed by atoms with van der Waals surface area (Å²) in [5, 5.41) is 0. The third-order valence-corrected chi connectivity index (χ3v) is 2.61. The number of nitrogens with two attached hydrogens (primary N) is 1. The lowest BCUT2D eigenvalue weighted by atomic mass is 9.99. The third kappa shape index (κ3) is 2.42. The summed E-state index contributed by atoms with van der Waals surface area (Å²) in [5.41, 5.74) is 8.28. The largest absolute Gasteiger partial charge is 0.493 e. The van der Waals surface area contributed by atoms with Crippen molar-refractivity contribution in [2.45, 2.75) is 26.3 Å². The molecule has 15 heavy (non-hydrogen) atoms. The summed E-state index contributed by atoms with van der Waals surface area (Å²) in [4.78, 5) is 0. The molecule has 0 aliphatic carbocycles. The van der Waals surface area contributed by atoms with Crippen molar-refractivity contribution in [3.63, 3.8) is 0 Å². The second-order valence-electron chi connectivity index (χ2n) is 3.58. The van der Waals surface area contributed by atoms with Gasteiger partial charge in [-0.15, -0.1) is 0 Å². The molecule has 0 heterocycles. The highest BCUT2D eigenvalue weighted by Crippen LogP contribution is 2.32. The van der Waals surface area contributed by atoms with Crippen LogP contribution in [0.2, 0.25) is 0 Å². The van der Waals surface area contributed by atoms with Gasteiger partial charge in [-0.05, 0) is 36.6 Å². The van der Waals surface area contributed by atoms with Crippen LogP contribution in [0.3, 0.4) is 0 Å². The molecule has 0 bridgehead atoms. The van der Waals surface area contributed by atoms with E-state index in [9.17, 15) is 0 Å². The van der Waals surface area contributed by atoms with E-state index in [-0.39, 0.29) is 6.04 Å². The molecule has 1 aromatic rings. The summed E-state index contributed by atoms with van der Waals surface area (Å²) in [6.45, 7) is 4.10. The number of methoxy groups -OCH3 is 2. The maximum absolute atomic E-state index is 6.01. The quantitative estimate of drug-likeness (QED) is 0.828. The van der Waals surface area contributed by atoms with E-state index in [0.717, 1.165) is 29.0 Å². The summed E-state index contributed by atoms with van der Waals surface area (Å²) < 4.78 is 10.5.